The first-order valence-corrected chi connectivity index (χ1v) is 11.4. The van der Waals surface area contributed by atoms with Crippen LogP contribution in [0.2, 0.25) is 0 Å². The van der Waals surface area contributed by atoms with Gasteiger partial charge in [-0.3, -0.25) is 19.3 Å². The number of carbonyl (C=O) groups is 3. The van der Waals surface area contributed by atoms with Crippen LogP contribution in [0.25, 0.3) is 6.08 Å². The summed E-state index contributed by atoms with van der Waals surface area (Å²) in [7, 11) is 1.58. The number of primary amides is 1. The molecule has 0 aromatic heterocycles. The Bertz CT molecular complexity index is 1120. The smallest absolute Gasteiger partial charge is 0.294 e. The number of para-hydroxylation sites is 2. The molecule has 2 heterocycles. The number of methoxy groups -OCH3 is 1. The maximum Gasteiger partial charge on any atom is 0.294 e. The maximum absolute atomic E-state index is 13.3. The minimum absolute atomic E-state index is 0.117. The zero-order chi connectivity index (χ0) is 23.5. The van der Waals surface area contributed by atoms with E-state index in [2.05, 4.69) is 15.9 Å². The predicted molar refractivity (Wildman–Crippen MR) is 127 cm³/mol. The van der Waals surface area contributed by atoms with Gasteiger partial charge in [0.2, 0.25) is 11.8 Å². The molecule has 0 spiro atoms. The second kappa shape index (κ2) is 9.66. The number of hydrogen-bond acceptors (Lipinski definition) is 5. The summed E-state index contributed by atoms with van der Waals surface area (Å²) in [6.07, 6.45) is 2.71. The number of ether oxygens (including phenoxy) is 2. The van der Waals surface area contributed by atoms with Gasteiger partial charge in [-0.1, -0.05) is 18.2 Å². The van der Waals surface area contributed by atoms with E-state index in [0.717, 1.165) is 10.0 Å². The third kappa shape index (κ3) is 4.88. The van der Waals surface area contributed by atoms with E-state index in [-0.39, 0.29) is 30.0 Å². The van der Waals surface area contributed by atoms with Crippen molar-refractivity contribution >= 4 is 45.4 Å². The molecule has 0 bridgehead atoms. The van der Waals surface area contributed by atoms with E-state index >= 15 is 0 Å². The van der Waals surface area contributed by atoms with E-state index in [1.165, 1.54) is 4.90 Å². The second-order valence-corrected chi connectivity index (χ2v) is 8.78. The van der Waals surface area contributed by atoms with E-state index < -0.39 is 5.91 Å². The Kier molecular flexibility index (Phi) is 6.69. The fourth-order valence-corrected chi connectivity index (χ4v) is 4.55. The summed E-state index contributed by atoms with van der Waals surface area (Å²) in [6, 6.07) is 12.5. The molecule has 1 fully saturated rings. The number of piperidine rings is 1. The SMILES string of the molecule is COc1ccc(/C=C2\Oc3ccccc3N(CC(=O)N3CCC(C(N)=O)CC3)C2=O)cc1Br. The van der Waals surface area contributed by atoms with Crippen molar-refractivity contribution in [3.05, 3.63) is 58.3 Å². The monoisotopic (exact) mass is 513 g/mol. The summed E-state index contributed by atoms with van der Waals surface area (Å²) in [5, 5.41) is 0. The summed E-state index contributed by atoms with van der Waals surface area (Å²) in [4.78, 5) is 40.9. The molecule has 2 N–H and O–H groups in total. The summed E-state index contributed by atoms with van der Waals surface area (Å²) in [6.45, 7) is 0.758. The highest BCUT2D eigenvalue weighted by Gasteiger charge is 2.34. The molecule has 2 aliphatic heterocycles. The van der Waals surface area contributed by atoms with E-state index in [0.29, 0.717) is 43.1 Å². The first-order valence-electron chi connectivity index (χ1n) is 10.6. The molecule has 4 rings (SSSR count). The molecule has 9 heteroatoms. The van der Waals surface area contributed by atoms with Crippen molar-refractivity contribution in [3.8, 4) is 11.5 Å². The number of fused-ring (bicyclic) bond motifs is 1. The number of hydrogen-bond donors (Lipinski definition) is 1. The van der Waals surface area contributed by atoms with Gasteiger partial charge in [-0.2, -0.15) is 0 Å². The average Bonchev–Trinajstić information content (AvgIpc) is 2.81. The zero-order valence-electron chi connectivity index (χ0n) is 18.1. The highest BCUT2D eigenvalue weighted by molar-refractivity contribution is 9.10. The molecular formula is C24H24BrN3O5. The van der Waals surface area contributed by atoms with Gasteiger partial charge in [0.05, 0.1) is 17.3 Å². The number of likely N-dealkylation sites (tertiary alicyclic amines) is 1. The number of amides is 3. The van der Waals surface area contributed by atoms with Crippen molar-refractivity contribution in [3.63, 3.8) is 0 Å². The highest BCUT2D eigenvalue weighted by atomic mass is 79.9. The van der Waals surface area contributed by atoms with E-state index in [1.54, 1.807) is 42.4 Å². The van der Waals surface area contributed by atoms with Crippen molar-refractivity contribution in [2.75, 3.05) is 31.6 Å². The molecule has 0 atom stereocenters. The maximum atomic E-state index is 13.3. The van der Waals surface area contributed by atoms with E-state index in [4.69, 9.17) is 15.2 Å². The number of carbonyl (C=O) groups excluding carboxylic acids is 3. The fraction of sp³-hybridized carbons (Fsp3) is 0.292. The van der Waals surface area contributed by atoms with Crippen LogP contribution in [0.4, 0.5) is 5.69 Å². The van der Waals surface area contributed by atoms with Crippen LogP contribution in [-0.4, -0.2) is 49.4 Å². The molecule has 3 amide bonds. The normalized spacial score (nSPS) is 17.5. The lowest BCUT2D eigenvalue weighted by molar-refractivity contribution is -0.134. The van der Waals surface area contributed by atoms with Crippen LogP contribution < -0.4 is 20.1 Å². The number of nitrogens with zero attached hydrogens (tertiary/aromatic N) is 2. The molecule has 2 aliphatic rings. The lowest BCUT2D eigenvalue weighted by Crippen LogP contribution is -2.48. The molecule has 0 aliphatic carbocycles. The number of halogens is 1. The van der Waals surface area contributed by atoms with Crippen LogP contribution in [0.1, 0.15) is 18.4 Å². The van der Waals surface area contributed by atoms with Crippen LogP contribution in [0.5, 0.6) is 11.5 Å². The molecule has 0 radical (unpaired) electrons. The predicted octanol–water partition coefficient (Wildman–Crippen LogP) is 2.95. The summed E-state index contributed by atoms with van der Waals surface area (Å²) in [5.41, 5.74) is 6.67. The molecule has 2 aromatic rings. The van der Waals surface area contributed by atoms with Gasteiger partial charge < -0.3 is 20.1 Å². The summed E-state index contributed by atoms with van der Waals surface area (Å²) < 4.78 is 11.9. The molecule has 0 saturated carbocycles. The van der Waals surface area contributed by atoms with Gasteiger partial charge in [-0.25, -0.2) is 0 Å². The number of nitrogens with two attached hydrogens (primary N) is 1. The van der Waals surface area contributed by atoms with E-state index in [9.17, 15) is 14.4 Å². The van der Waals surface area contributed by atoms with Crippen molar-refractivity contribution < 1.29 is 23.9 Å². The Morgan fingerprint density at radius 1 is 1.21 bits per heavy atom. The van der Waals surface area contributed by atoms with Gasteiger partial charge in [0.25, 0.3) is 5.91 Å². The number of benzene rings is 2. The van der Waals surface area contributed by atoms with E-state index in [1.807, 2.05) is 18.2 Å². The largest absolute Gasteiger partial charge is 0.496 e. The first kappa shape index (κ1) is 22.8. The molecule has 2 aromatic carbocycles. The molecule has 0 unspecified atom stereocenters. The lowest BCUT2D eigenvalue weighted by Gasteiger charge is -2.34. The van der Waals surface area contributed by atoms with Gasteiger partial charge in [-0.15, -0.1) is 0 Å². The molecular weight excluding hydrogens is 490 g/mol. The number of anilines is 1. The summed E-state index contributed by atoms with van der Waals surface area (Å²) >= 11 is 3.45. The first-order chi connectivity index (χ1) is 15.9. The number of rotatable bonds is 5. The van der Waals surface area contributed by atoms with Crippen molar-refractivity contribution in [1.82, 2.24) is 4.90 Å². The van der Waals surface area contributed by atoms with Crippen molar-refractivity contribution in [2.45, 2.75) is 12.8 Å². The van der Waals surface area contributed by atoms with Gasteiger partial charge >= 0.3 is 0 Å². The highest BCUT2D eigenvalue weighted by Crippen LogP contribution is 2.36. The van der Waals surface area contributed by atoms with Crippen LogP contribution in [0, 0.1) is 5.92 Å². The van der Waals surface area contributed by atoms with Gasteiger partial charge in [0, 0.05) is 19.0 Å². The van der Waals surface area contributed by atoms with Crippen molar-refractivity contribution in [1.29, 1.82) is 0 Å². The Morgan fingerprint density at radius 2 is 1.94 bits per heavy atom. The van der Waals surface area contributed by atoms with Gasteiger partial charge in [0.1, 0.15) is 12.3 Å². The summed E-state index contributed by atoms with van der Waals surface area (Å²) in [5.74, 6) is 0.154. The average molecular weight is 514 g/mol. The topological polar surface area (TPSA) is 102 Å². The Labute approximate surface area is 200 Å². The second-order valence-electron chi connectivity index (χ2n) is 7.92. The molecule has 1 saturated heterocycles. The lowest BCUT2D eigenvalue weighted by atomic mass is 9.96. The van der Waals surface area contributed by atoms with Gasteiger partial charge in [-0.05, 0) is 64.7 Å². The Hall–Kier alpha value is -3.33. The molecule has 33 heavy (non-hydrogen) atoms. The Balaban J connectivity index is 1.57. The minimum atomic E-state index is -0.402. The fourth-order valence-electron chi connectivity index (χ4n) is 3.99. The standard InChI is InChI=1S/C24H24BrN3O5/c1-32-19-7-6-15(12-17(19)25)13-21-24(31)28(18-4-2-3-5-20(18)33-21)14-22(29)27-10-8-16(9-11-27)23(26)30/h2-7,12-13,16H,8-11,14H2,1H3,(H2,26,30)/b21-13-. The third-order valence-electron chi connectivity index (χ3n) is 5.85. The van der Waals surface area contributed by atoms with Crippen LogP contribution >= 0.6 is 15.9 Å². The van der Waals surface area contributed by atoms with Crippen molar-refractivity contribution in [2.24, 2.45) is 11.7 Å². The zero-order valence-corrected chi connectivity index (χ0v) is 19.7. The van der Waals surface area contributed by atoms with Gasteiger partial charge in [0.15, 0.2) is 11.5 Å². The molecule has 8 nitrogen and oxygen atoms in total. The van der Waals surface area contributed by atoms with Crippen LogP contribution in [0.15, 0.2) is 52.7 Å². The third-order valence-corrected chi connectivity index (χ3v) is 6.47. The quantitative estimate of drug-likeness (QED) is 0.619. The Morgan fingerprint density at radius 3 is 2.61 bits per heavy atom. The minimum Gasteiger partial charge on any atom is -0.496 e. The van der Waals surface area contributed by atoms with Crippen LogP contribution in [-0.2, 0) is 14.4 Å². The molecule has 172 valence electrons. The van der Waals surface area contributed by atoms with Crippen LogP contribution in [0.3, 0.4) is 0 Å².